The van der Waals surface area contributed by atoms with Crippen molar-refractivity contribution in [2.75, 3.05) is 0 Å². The number of benzene rings is 12. The first-order valence-electron chi connectivity index (χ1n) is 29.5. The molecule has 0 saturated heterocycles. The third kappa shape index (κ3) is 6.58. The molecule has 398 valence electrons. The molecule has 0 aliphatic heterocycles. The van der Waals surface area contributed by atoms with Gasteiger partial charge in [0.2, 0.25) is 0 Å². The first-order chi connectivity index (χ1) is 40.9. The highest BCUT2D eigenvalue weighted by Crippen LogP contribution is 2.68. The molecule has 18 rings (SSSR count). The van der Waals surface area contributed by atoms with Crippen molar-refractivity contribution in [3.63, 3.8) is 0 Å². The Hall–Kier alpha value is -8.70. The van der Waals surface area contributed by atoms with Gasteiger partial charge in [-0.15, -0.1) is 34.0 Å². The van der Waals surface area contributed by atoms with E-state index < -0.39 is 0 Å². The van der Waals surface area contributed by atoms with Crippen molar-refractivity contribution in [2.24, 2.45) is 0 Å². The molecule has 0 N–H and O–H groups in total. The monoisotopic (exact) mass is 1120 g/mol. The molecule has 0 spiro atoms. The summed E-state index contributed by atoms with van der Waals surface area (Å²) in [5.41, 5.74) is 28.9. The first-order valence-corrected chi connectivity index (χ1v) is 32.0. The summed E-state index contributed by atoms with van der Waals surface area (Å²) in [6, 6.07) is 88.1. The van der Waals surface area contributed by atoms with Crippen molar-refractivity contribution >= 4 is 94.5 Å². The lowest BCUT2D eigenvalue weighted by Gasteiger charge is -2.31. The summed E-state index contributed by atoms with van der Waals surface area (Å²) in [6.45, 7) is 15.1. The lowest BCUT2D eigenvalue weighted by atomic mass is 9.71. The quantitative estimate of drug-likeness (QED) is 0.161. The molecule has 3 aliphatic carbocycles. The van der Waals surface area contributed by atoms with Crippen LogP contribution in [0.3, 0.4) is 0 Å². The average molecular weight is 1130 g/mol. The summed E-state index contributed by atoms with van der Waals surface area (Å²) in [4.78, 5) is 0. The van der Waals surface area contributed by atoms with Crippen LogP contribution in [0.5, 0.6) is 0 Å². The van der Waals surface area contributed by atoms with Crippen molar-refractivity contribution in [3.8, 4) is 89.0 Å². The van der Waals surface area contributed by atoms with Crippen molar-refractivity contribution in [3.05, 3.63) is 264 Å². The van der Waals surface area contributed by atoms with Gasteiger partial charge >= 0.3 is 0 Å². The highest BCUT2D eigenvalue weighted by Gasteiger charge is 2.52. The Balaban J connectivity index is 0.885. The molecule has 0 saturated carbocycles. The van der Waals surface area contributed by atoms with Crippen LogP contribution in [-0.2, 0) is 16.2 Å². The fourth-order valence-electron chi connectivity index (χ4n) is 15.9. The fraction of sp³-hybridized carbons (Fsp3) is 0.111. The maximum absolute atomic E-state index is 2.60. The number of hydrogen-bond donors (Lipinski definition) is 0. The minimum absolute atomic E-state index is 0.297. The molecular weight excluding hydrogens is 1070 g/mol. The molecule has 0 atom stereocenters. The third-order valence-electron chi connectivity index (χ3n) is 19.8. The van der Waals surface area contributed by atoms with Crippen LogP contribution >= 0.6 is 34.0 Å². The van der Waals surface area contributed by atoms with Crippen molar-refractivity contribution < 1.29 is 0 Å². The van der Waals surface area contributed by atoms with Gasteiger partial charge in [0, 0.05) is 76.8 Å². The minimum atomic E-state index is -0.303. The van der Waals surface area contributed by atoms with Gasteiger partial charge in [0.15, 0.2) is 0 Å². The van der Waals surface area contributed by atoms with Gasteiger partial charge < -0.3 is 0 Å². The highest BCUT2D eigenvalue weighted by atomic mass is 32.1. The summed E-state index contributed by atoms with van der Waals surface area (Å²) in [5.74, 6) is 0. The molecule has 3 aromatic heterocycles. The fourth-order valence-corrected chi connectivity index (χ4v) is 19.5. The third-order valence-corrected chi connectivity index (χ3v) is 23.5. The molecule has 0 fully saturated rings. The average Bonchev–Trinajstić information content (AvgIpc) is 1.57. The standard InChI is InChI=1S/C81H56S3/c1-79(2)64-35-30-49(52-23-15-26-56-55-22-13-14-29-67(55)82-76(52)56)42-61(64)70-73(79)71-63-44-51(54-25-17-28-58-60-41-48(46-20-11-8-12-21-46)34-39-69(60)84-78(54)58)32-37-66(63)81(5,6)75(71)72-62-43-50(31-36-65(62)80(3,4)74(70)72)53-24-16-27-57-59-40-47(45-18-9-7-10-19-45)33-38-68(59)83-77(53)57/h7-44H,1-6H3. The number of fused-ring (bicyclic) bond motifs is 21. The molecule has 3 heterocycles. The zero-order chi connectivity index (χ0) is 56.1. The van der Waals surface area contributed by atoms with E-state index in [1.54, 1.807) is 0 Å². The van der Waals surface area contributed by atoms with Crippen LogP contribution in [0, 0.1) is 0 Å². The van der Waals surface area contributed by atoms with Crippen LogP contribution in [0.25, 0.3) is 150 Å². The second-order valence-corrected chi connectivity index (χ2v) is 28.6. The van der Waals surface area contributed by atoms with Crippen molar-refractivity contribution in [2.45, 2.75) is 57.8 Å². The van der Waals surface area contributed by atoms with Gasteiger partial charge in [-0.3, -0.25) is 0 Å². The molecule has 3 heteroatoms. The van der Waals surface area contributed by atoms with Gasteiger partial charge in [0.1, 0.15) is 0 Å². The molecule has 12 aromatic carbocycles. The number of rotatable bonds is 5. The van der Waals surface area contributed by atoms with E-state index in [9.17, 15) is 0 Å². The lowest BCUT2D eigenvalue weighted by Crippen LogP contribution is -2.22. The molecule has 0 amide bonds. The number of thiophene rings is 3. The molecular formula is C81H56S3. The summed E-state index contributed by atoms with van der Waals surface area (Å²) in [7, 11) is 0. The molecule has 3 aliphatic rings. The van der Waals surface area contributed by atoms with E-state index in [0.717, 1.165) is 0 Å². The summed E-state index contributed by atoms with van der Waals surface area (Å²) in [5, 5.41) is 7.96. The second kappa shape index (κ2) is 17.2. The van der Waals surface area contributed by atoms with E-state index in [0.29, 0.717) is 0 Å². The molecule has 0 nitrogen and oxygen atoms in total. The SMILES string of the molecule is CC1(C)c2ccc(-c3cccc4c3sc3ccccc34)cc2-c2c1c1c(c3c2C(C)(C)c2ccc(-c4cccc5c4sc4ccc(-c6ccccc6)cc45)cc2-3)C(C)(C)c2ccc(-c3cccc4c3sc3ccc(-c5ccccc5)cc34)cc2-1. The lowest BCUT2D eigenvalue weighted by molar-refractivity contribution is 0.636. The van der Waals surface area contributed by atoms with Crippen LogP contribution in [-0.4, -0.2) is 0 Å². The van der Waals surface area contributed by atoms with Crippen LogP contribution < -0.4 is 0 Å². The Morgan fingerprint density at radius 1 is 0.226 bits per heavy atom. The Bertz CT molecular complexity index is 5190. The van der Waals surface area contributed by atoms with Gasteiger partial charge in [0.25, 0.3) is 0 Å². The van der Waals surface area contributed by atoms with Crippen LogP contribution in [0.1, 0.15) is 74.9 Å². The maximum atomic E-state index is 2.60. The van der Waals surface area contributed by atoms with Crippen molar-refractivity contribution in [1.82, 2.24) is 0 Å². The Kier molecular flexibility index (Phi) is 10.00. The van der Waals surface area contributed by atoms with E-state index in [2.05, 4.69) is 272 Å². The predicted molar refractivity (Wildman–Crippen MR) is 365 cm³/mol. The Morgan fingerprint density at radius 3 is 0.940 bits per heavy atom. The maximum Gasteiger partial charge on any atom is 0.0433 e. The normalized spacial score (nSPS) is 14.8. The summed E-state index contributed by atoms with van der Waals surface area (Å²) in [6.07, 6.45) is 0. The number of hydrogen-bond acceptors (Lipinski definition) is 3. The van der Waals surface area contributed by atoms with E-state index in [-0.39, 0.29) is 16.2 Å². The highest BCUT2D eigenvalue weighted by molar-refractivity contribution is 7.27. The Morgan fingerprint density at radius 2 is 0.548 bits per heavy atom. The van der Waals surface area contributed by atoms with Crippen LogP contribution in [0.2, 0.25) is 0 Å². The summed E-state index contributed by atoms with van der Waals surface area (Å²) < 4.78 is 8.02. The largest absolute Gasteiger partial charge is 0.135 e. The molecule has 0 bridgehead atoms. The second-order valence-electron chi connectivity index (χ2n) is 25.4. The molecule has 0 unspecified atom stereocenters. The smallest absolute Gasteiger partial charge is 0.0433 e. The first kappa shape index (κ1) is 48.8. The van der Waals surface area contributed by atoms with Crippen LogP contribution in [0.15, 0.2) is 231 Å². The van der Waals surface area contributed by atoms with Gasteiger partial charge in [-0.25, -0.2) is 0 Å². The van der Waals surface area contributed by atoms with Crippen LogP contribution in [0.4, 0.5) is 0 Å². The molecule has 15 aromatic rings. The van der Waals surface area contributed by atoms with Crippen molar-refractivity contribution in [1.29, 1.82) is 0 Å². The minimum Gasteiger partial charge on any atom is -0.135 e. The molecule has 84 heavy (non-hydrogen) atoms. The van der Waals surface area contributed by atoms with E-state index in [4.69, 9.17) is 0 Å². The van der Waals surface area contributed by atoms with Gasteiger partial charge in [-0.05, 0) is 171 Å². The topological polar surface area (TPSA) is 0 Å². The van der Waals surface area contributed by atoms with Gasteiger partial charge in [-0.2, -0.15) is 0 Å². The van der Waals surface area contributed by atoms with Gasteiger partial charge in [0.05, 0.1) is 0 Å². The molecule has 0 radical (unpaired) electrons. The zero-order valence-corrected chi connectivity index (χ0v) is 50.1. The van der Waals surface area contributed by atoms with E-state index in [1.165, 1.54) is 183 Å². The Labute approximate surface area is 501 Å². The predicted octanol–water partition coefficient (Wildman–Crippen LogP) is 24.0. The summed E-state index contributed by atoms with van der Waals surface area (Å²) >= 11 is 5.78. The van der Waals surface area contributed by atoms with Gasteiger partial charge in [-0.1, -0.05) is 224 Å². The van der Waals surface area contributed by atoms with E-state index in [1.807, 2.05) is 34.0 Å². The van der Waals surface area contributed by atoms with E-state index >= 15 is 0 Å². The zero-order valence-electron chi connectivity index (χ0n) is 47.7.